The largest absolute Gasteiger partial charge is 0.484 e. The fourth-order valence-electron chi connectivity index (χ4n) is 3.23. The van der Waals surface area contributed by atoms with E-state index in [4.69, 9.17) is 33.3 Å². The molecule has 1 unspecified atom stereocenters. The van der Waals surface area contributed by atoms with Gasteiger partial charge in [0.25, 0.3) is 5.91 Å². The molecule has 0 fully saturated rings. The van der Waals surface area contributed by atoms with Crippen LogP contribution < -0.4 is 15.4 Å². The molecule has 2 N–H and O–H groups in total. The van der Waals surface area contributed by atoms with E-state index in [1.54, 1.807) is 61.3 Å². The number of halogens is 1. The topological polar surface area (TPSA) is 79.9 Å². The number of hydrogen-bond donors (Lipinski definition) is 2. The second-order valence-electron chi connectivity index (χ2n) is 7.08. The zero-order valence-corrected chi connectivity index (χ0v) is 19.5. The molecule has 1 aliphatic rings. The maximum absolute atomic E-state index is 12.7. The zero-order valence-electron chi connectivity index (χ0n) is 18.0. The van der Waals surface area contributed by atoms with Gasteiger partial charge in [0.15, 0.2) is 11.7 Å². The molecule has 0 saturated carbocycles. The highest BCUT2D eigenvalue weighted by atomic mass is 35.5. The number of hydrogen-bond acceptors (Lipinski definition) is 5. The van der Waals surface area contributed by atoms with Crippen molar-refractivity contribution in [2.45, 2.75) is 19.9 Å². The van der Waals surface area contributed by atoms with Crippen molar-refractivity contribution in [1.29, 1.82) is 0 Å². The third kappa shape index (κ3) is 5.57. The van der Waals surface area contributed by atoms with E-state index < -0.39 is 12.0 Å². The summed E-state index contributed by atoms with van der Waals surface area (Å²) in [6.45, 7) is 3.69. The number of carbonyl (C=O) groups is 2. The Morgan fingerprint density at radius 1 is 1.22 bits per heavy atom. The van der Waals surface area contributed by atoms with Crippen molar-refractivity contribution in [3.63, 3.8) is 0 Å². The molecule has 168 valence electrons. The van der Waals surface area contributed by atoms with Crippen LogP contribution in [0.5, 0.6) is 5.75 Å². The molecule has 0 aliphatic carbocycles. The molecule has 1 aliphatic heterocycles. The standard InChI is InChI=1S/C23H24ClN3O4S/c1-4-30-22(29)20-14(2)27(3)23(32)26-21(20)15-6-5-7-17(12-15)25-19(28)13-31-18-10-8-16(24)9-11-18/h5-12,21H,4,13H2,1-3H3,(H,25,28)(H,26,32). The van der Waals surface area contributed by atoms with E-state index in [9.17, 15) is 9.59 Å². The van der Waals surface area contributed by atoms with Crippen LogP contribution in [-0.2, 0) is 14.3 Å². The normalized spacial score (nSPS) is 15.8. The average molecular weight is 474 g/mol. The lowest BCUT2D eigenvalue weighted by Gasteiger charge is -2.35. The van der Waals surface area contributed by atoms with E-state index in [2.05, 4.69) is 10.6 Å². The Labute approximate surface area is 197 Å². The molecular weight excluding hydrogens is 450 g/mol. The third-order valence-corrected chi connectivity index (χ3v) is 5.58. The van der Waals surface area contributed by atoms with Crippen LogP contribution in [-0.4, -0.2) is 42.2 Å². The monoisotopic (exact) mass is 473 g/mol. The van der Waals surface area contributed by atoms with Crippen LogP contribution in [0.4, 0.5) is 5.69 Å². The molecular formula is C23H24ClN3O4S. The van der Waals surface area contributed by atoms with E-state index >= 15 is 0 Å². The number of thiocarbonyl (C=S) groups is 1. The number of esters is 1. The summed E-state index contributed by atoms with van der Waals surface area (Å²) >= 11 is 11.3. The van der Waals surface area contributed by atoms with Crippen molar-refractivity contribution in [2.24, 2.45) is 0 Å². The molecule has 0 aromatic heterocycles. The Kier molecular flexibility index (Phi) is 7.71. The number of anilines is 1. The Hall–Kier alpha value is -3.10. The van der Waals surface area contributed by atoms with Gasteiger partial charge in [-0.05, 0) is 68.0 Å². The predicted octanol–water partition coefficient (Wildman–Crippen LogP) is 4.06. The number of amides is 1. The summed E-state index contributed by atoms with van der Waals surface area (Å²) in [4.78, 5) is 26.8. The molecule has 32 heavy (non-hydrogen) atoms. The Bertz CT molecular complexity index is 1060. The van der Waals surface area contributed by atoms with Crippen LogP contribution in [0.15, 0.2) is 59.8 Å². The summed E-state index contributed by atoms with van der Waals surface area (Å²) in [7, 11) is 1.79. The molecule has 0 saturated heterocycles. The molecule has 2 aromatic carbocycles. The minimum atomic E-state index is -0.500. The number of allylic oxidation sites excluding steroid dienone is 1. The Morgan fingerprint density at radius 2 is 1.94 bits per heavy atom. The van der Waals surface area contributed by atoms with Crippen molar-refractivity contribution < 1.29 is 19.1 Å². The van der Waals surface area contributed by atoms with Crippen LogP contribution >= 0.6 is 23.8 Å². The number of carbonyl (C=O) groups excluding carboxylic acids is 2. The van der Waals surface area contributed by atoms with Crippen molar-refractivity contribution in [2.75, 3.05) is 25.6 Å². The van der Waals surface area contributed by atoms with Crippen molar-refractivity contribution in [3.05, 3.63) is 70.4 Å². The van der Waals surface area contributed by atoms with Gasteiger partial charge in [0.05, 0.1) is 18.2 Å². The molecule has 1 amide bonds. The highest BCUT2D eigenvalue weighted by molar-refractivity contribution is 7.80. The first-order chi connectivity index (χ1) is 15.3. The molecule has 9 heteroatoms. The van der Waals surface area contributed by atoms with E-state index in [-0.39, 0.29) is 19.1 Å². The number of rotatable bonds is 7. The van der Waals surface area contributed by atoms with Crippen molar-refractivity contribution in [1.82, 2.24) is 10.2 Å². The number of nitrogens with one attached hydrogen (secondary N) is 2. The van der Waals surface area contributed by atoms with Crippen LogP contribution in [0.3, 0.4) is 0 Å². The van der Waals surface area contributed by atoms with Crippen LogP contribution in [0.25, 0.3) is 0 Å². The molecule has 2 aromatic rings. The van der Waals surface area contributed by atoms with Gasteiger partial charge in [0.1, 0.15) is 5.75 Å². The van der Waals surface area contributed by atoms with Crippen molar-refractivity contribution in [3.8, 4) is 5.75 Å². The second-order valence-corrected chi connectivity index (χ2v) is 7.90. The summed E-state index contributed by atoms with van der Waals surface area (Å²) < 4.78 is 10.7. The fraction of sp³-hybridized carbons (Fsp3) is 0.261. The van der Waals surface area contributed by atoms with E-state index in [1.165, 1.54) is 0 Å². The molecule has 3 rings (SSSR count). The smallest absolute Gasteiger partial charge is 0.338 e. The summed E-state index contributed by atoms with van der Waals surface area (Å²) in [5, 5.41) is 7.08. The second kappa shape index (κ2) is 10.5. The van der Waals surface area contributed by atoms with E-state index in [0.29, 0.717) is 32.8 Å². The summed E-state index contributed by atoms with van der Waals surface area (Å²) in [5.74, 6) is -0.189. The lowest BCUT2D eigenvalue weighted by atomic mass is 9.95. The van der Waals surface area contributed by atoms with Crippen LogP contribution in [0, 0.1) is 0 Å². The van der Waals surface area contributed by atoms with Gasteiger partial charge in [0, 0.05) is 23.5 Å². The Balaban J connectivity index is 1.76. The maximum Gasteiger partial charge on any atom is 0.338 e. The van der Waals surface area contributed by atoms with Crippen LogP contribution in [0.2, 0.25) is 5.02 Å². The van der Waals surface area contributed by atoms with Crippen LogP contribution in [0.1, 0.15) is 25.5 Å². The highest BCUT2D eigenvalue weighted by Gasteiger charge is 2.33. The number of nitrogens with zero attached hydrogens (tertiary/aromatic N) is 1. The van der Waals surface area contributed by atoms with E-state index in [0.717, 1.165) is 5.56 Å². The maximum atomic E-state index is 12.7. The first-order valence-electron chi connectivity index (χ1n) is 10.0. The van der Waals surface area contributed by atoms with Gasteiger partial charge in [0.2, 0.25) is 0 Å². The minimum Gasteiger partial charge on any atom is -0.484 e. The molecule has 1 atom stereocenters. The lowest BCUT2D eigenvalue weighted by molar-refractivity contribution is -0.139. The van der Waals surface area contributed by atoms with Gasteiger partial charge >= 0.3 is 5.97 Å². The molecule has 0 radical (unpaired) electrons. The molecule has 1 heterocycles. The first kappa shape index (κ1) is 23.6. The number of benzene rings is 2. The predicted molar refractivity (Wildman–Crippen MR) is 128 cm³/mol. The summed E-state index contributed by atoms with van der Waals surface area (Å²) in [6.07, 6.45) is 0. The Morgan fingerprint density at radius 3 is 2.62 bits per heavy atom. The minimum absolute atomic E-state index is 0.157. The number of ether oxygens (including phenoxy) is 2. The van der Waals surface area contributed by atoms with Gasteiger partial charge in [-0.1, -0.05) is 23.7 Å². The summed E-state index contributed by atoms with van der Waals surface area (Å²) in [5.41, 5.74) is 2.51. The average Bonchev–Trinajstić information content (AvgIpc) is 2.77. The molecule has 0 bridgehead atoms. The highest BCUT2D eigenvalue weighted by Crippen LogP contribution is 2.31. The summed E-state index contributed by atoms with van der Waals surface area (Å²) in [6, 6.07) is 13.5. The fourth-order valence-corrected chi connectivity index (χ4v) is 3.61. The van der Waals surface area contributed by atoms with Gasteiger partial charge < -0.3 is 25.0 Å². The zero-order chi connectivity index (χ0) is 23.3. The van der Waals surface area contributed by atoms with Gasteiger partial charge in [-0.15, -0.1) is 0 Å². The van der Waals surface area contributed by atoms with Gasteiger partial charge in [-0.25, -0.2) is 4.79 Å². The third-order valence-electron chi connectivity index (χ3n) is 4.94. The van der Waals surface area contributed by atoms with Gasteiger partial charge in [-0.3, -0.25) is 4.79 Å². The first-order valence-corrected chi connectivity index (χ1v) is 10.8. The quantitative estimate of drug-likeness (QED) is 0.463. The molecule has 0 spiro atoms. The van der Waals surface area contributed by atoms with Crippen molar-refractivity contribution >= 4 is 46.5 Å². The van der Waals surface area contributed by atoms with E-state index in [1.807, 2.05) is 13.0 Å². The lowest BCUT2D eigenvalue weighted by Crippen LogP contribution is -2.46. The van der Waals surface area contributed by atoms with Gasteiger partial charge in [-0.2, -0.15) is 0 Å². The SMILES string of the molecule is CCOC(=O)C1=C(C)N(C)C(=S)NC1c1cccc(NC(=O)COc2ccc(Cl)cc2)c1. The molecule has 7 nitrogen and oxygen atoms in total.